The fourth-order valence-electron chi connectivity index (χ4n) is 1.74. The Hall–Kier alpha value is -2.03. The van der Waals surface area contributed by atoms with Crippen molar-refractivity contribution in [3.8, 4) is 11.3 Å². The van der Waals surface area contributed by atoms with Crippen molar-refractivity contribution in [2.45, 2.75) is 0 Å². The van der Waals surface area contributed by atoms with Crippen LogP contribution in [0.5, 0.6) is 0 Å². The van der Waals surface area contributed by atoms with Crippen LogP contribution in [-0.2, 0) is 0 Å². The first-order valence-electron chi connectivity index (χ1n) is 4.32. The Morgan fingerprint density at radius 1 is 1.00 bits per heavy atom. The van der Waals surface area contributed by atoms with Crippen LogP contribution in [0.3, 0.4) is 0 Å². The summed E-state index contributed by atoms with van der Waals surface area (Å²) in [6.07, 6.45) is 3.04. The third kappa shape index (κ3) is 0.785. The van der Waals surface area contributed by atoms with Gasteiger partial charge in [-0.05, 0) is 0 Å². The molecule has 0 saturated heterocycles. The van der Waals surface area contributed by atoms with E-state index in [0.717, 1.165) is 16.8 Å². The zero-order valence-electron chi connectivity index (χ0n) is 7.27. The SMILES string of the molecule is O=C1c2ccccc2-c2ncncc21. The second kappa shape index (κ2) is 2.48. The summed E-state index contributed by atoms with van der Waals surface area (Å²) in [7, 11) is 0. The molecule has 66 valence electrons. The fraction of sp³-hybridized carbons (Fsp3) is 0. The molecule has 0 bridgehead atoms. The Morgan fingerprint density at radius 3 is 2.64 bits per heavy atom. The van der Waals surface area contributed by atoms with Crippen LogP contribution in [-0.4, -0.2) is 15.8 Å². The second-order valence-corrected chi connectivity index (χ2v) is 3.16. The molecule has 0 unspecified atom stereocenters. The third-order valence-electron chi connectivity index (χ3n) is 2.38. The van der Waals surface area contributed by atoms with Crippen molar-refractivity contribution in [1.29, 1.82) is 0 Å². The highest BCUT2D eigenvalue weighted by Crippen LogP contribution is 2.33. The standard InChI is InChI=1S/C11H6N2O/c14-11-8-4-2-1-3-7(8)10-9(11)5-12-6-13-10/h1-6H. The van der Waals surface area contributed by atoms with Gasteiger partial charge in [0.15, 0.2) is 5.78 Å². The molecule has 1 heterocycles. The third-order valence-corrected chi connectivity index (χ3v) is 2.38. The van der Waals surface area contributed by atoms with Gasteiger partial charge in [-0.1, -0.05) is 24.3 Å². The average Bonchev–Trinajstić information content (AvgIpc) is 2.55. The summed E-state index contributed by atoms with van der Waals surface area (Å²) in [6.45, 7) is 0. The van der Waals surface area contributed by atoms with E-state index in [0.29, 0.717) is 5.56 Å². The zero-order chi connectivity index (χ0) is 9.54. The molecule has 0 fully saturated rings. The minimum absolute atomic E-state index is 0.0243. The van der Waals surface area contributed by atoms with Crippen LogP contribution < -0.4 is 0 Å². The molecule has 1 aliphatic rings. The number of rotatable bonds is 0. The smallest absolute Gasteiger partial charge is 0.197 e. The monoisotopic (exact) mass is 182 g/mol. The van der Waals surface area contributed by atoms with Gasteiger partial charge in [-0.3, -0.25) is 4.79 Å². The number of aromatic nitrogens is 2. The lowest BCUT2D eigenvalue weighted by atomic mass is 10.1. The number of benzene rings is 1. The van der Waals surface area contributed by atoms with Crippen molar-refractivity contribution in [2.24, 2.45) is 0 Å². The number of hydrogen-bond acceptors (Lipinski definition) is 3. The van der Waals surface area contributed by atoms with Crippen LogP contribution in [0.2, 0.25) is 0 Å². The van der Waals surface area contributed by atoms with Crippen molar-refractivity contribution >= 4 is 5.78 Å². The average molecular weight is 182 g/mol. The maximum absolute atomic E-state index is 11.8. The van der Waals surface area contributed by atoms with E-state index in [-0.39, 0.29) is 5.78 Å². The van der Waals surface area contributed by atoms with Crippen molar-refractivity contribution in [3.63, 3.8) is 0 Å². The Labute approximate surface area is 80.4 Å². The van der Waals surface area contributed by atoms with E-state index in [1.54, 1.807) is 6.20 Å². The van der Waals surface area contributed by atoms with Gasteiger partial charge in [0.05, 0.1) is 11.3 Å². The van der Waals surface area contributed by atoms with E-state index < -0.39 is 0 Å². The molecular formula is C11H6N2O. The lowest BCUT2D eigenvalue weighted by Crippen LogP contribution is -1.95. The summed E-state index contributed by atoms with van der Waals surface area (Å²) in [5, 5.41) is 0. The molecule has 0 N–H and O–H groups in total. The van der Waals surface area contributed by atoms with Crippen molar-refractivity contribution in [3.05, 3.63) is 47.9 Å². The highest BCUT2D eigenvalue weighted by atomic mass is 16.1. The number of carbonyl (C=O) groups excluding carboxylic acids is 1. The van der Waals surface area contributed by atoms with Gasteiger partial charge >= 0.3 is 0 Å². The van der Waals surface area contributed by atoms with Crippen LogP contribution in [0.25, 0.3) is 11.3 Å². The van der Waals surface area contributed by atoms with E-state index in [1.165, 1.54) is 6.33 Å². The van der Waals surface area contributed by atoms with E-state index in [4.69, 9.17) is 0 Å². The number of nitrogens with zero attached hydrogens (tertiary/aromatic N) is 2. The Bertz CT molecular complexity index is 487. The molecule has 1 aliphatic carbocycles. The van der Waals surface area contributed by atoms with Crippen molar-refractivity contribution in [1.82, 2.24) is 9.97 Å². The molecule has 0 saturated carbocycles. The van der Waals surface area contributed by atoms with Crippen LogP contribution in [0, 0.1) is 0 Å². The van der Waals surface area contributed by atoms with Gasteiger partial charge < -0.3 is 0 Å². The topological polar surface area (TPSA) is 42.9 Å². The Balaban J connectivity index is 2.42. The normalized spacial score (nSPS) is 12.4. The minimum atomic E-state index is 0.0243. The quantitative estimate of drug-likeness (QED) is 0.531. The van der Waals surface area contributed by atoms with Gasteiger partial charge in [0.1, 0.15) is 6.33 Å². The molecule has 0 aliphatic heterocycles. The van der Waals surface area contributed by atoms with E-state index in [1.807, 2.05) is 24.3 Å². The molecule has 2 aromatic rings. The van der Waals surface area contributed by atoms with Crippen molar-refractivity contribution < 1.29 is 4.79 Å². The lowest BCUT2D eigenvalue weighted by Gasteiger charge is -1.95. The highest BCUT2D eigenvalue weighted by Gasteiger charge is 2.26. The summed E-state index contributed by atoms with van der Waals surface area (Å²) in [4.78, 5) is 19.8. The molecule has 3 rings (SSSR count). The molecule has 0 spiro atoms. The number of fused-ring (bicyclic) bond motifs is 3. The van der Waals surface area contributed by atoms with Gasteiger partial charge in [0, 0.05) is 17.3 Å². The molecule has 1 aromatic carbocycles. The largest absolute Gasteiger partial charge is 0.288 e. The van der Waals surface area contributed by atoms with Gasteiger partial charge in [0.2, 0.25) is 0 Å². The van der Waals surface area contributed by atoms with E-state index in [9.17, 15) is 4.79 Å². The predicted molar refractivity (Wildman–Crippen MR) is 50.9 cm³/mol. The highest BCUT2D eigenvalue weighted by molar-refractivity contribution is 6.20. The molecule has 3 heteroatoms. The van der Waals surface area contributed by atoms with Gasteiger partial charge in [0.25, 0.3) is 0 Å². The summed E-state index contributed by atoms with van der Waals surface area (Å²) >= 11 is 0. The molecule has 3 nitrogen and oxygen atoms in total. The summed E-state index contributed by atoms with van der Waals surface area (Å²) in [5.74, 6) is 0.0243. The molecular weight excluding hydrogens is 176 g/mol. The molecule has 14 heavy (non-hydrogen) atoms. The number of hydrogen-bond donors (Lipinski definition) is 0. The van der Waals surface area contributed by atoms with Crippen molar-refractivity contribution in [2.75, 3.05) is 0 Å². The summed E-state index contributed by atoms with van der Waals surface area (Å²) in [6, 6.07) is 7.49. The maximum atomic E-state index is 11.8. The molecule has 0 atom stereocenters. The number of carbonyl (C=O) groups is 1. The first-order chi connectivity index (χ1) is 6.88. The lowest BCUT2D eigenvalue weighted by molar-refractivity contribution is 0.104. The van der Waals surface area contributed by atoms with Crippen LogP contribution >= 0.6 is 0 Å². The predicted octanol–water partition coefficient (Wildman–Crippen LogP) is 1.69. The first kappa shape index (κ1) is 7.38. The van der Waals surface area contributed by atoms with Crippen LogP contribution in [0.4, 0.5) is 0 Å². The minimum Gasteiger partial charge on any atom is -0.288 e. The Kier molecular flexibility index (Phi) is 1.31. The summed E-state index contributed by atoms with van der Waals surface area (Å²) < 4.78 is 0. The first-order valence-corrected chi connectivity index (χ1v) is 4.32. The van der Waals surface area contributed by atoms with E-state index in [2.05, 4.69) is 9.97 Å². The molecule has 0 radical (unpaired) electrons. The molecule has 1 aromatic heterocycles. The van der Waals surface area contributed by atoms with Crippen LogP contribution in [0.15, 0.2) is 36.8 Å². The zero-order valence-corrected chi connectivity index (χ0v) is 7.27. The van der Waals surface area contributed by atoms with E-state index >= 15 is 0 Å². The number of ketones is 1. The van der Waals surface area contributed by atoms with Crippen LogP contribution in [0.1, 0.15) is 15.9 Å². The van der Waals surface area contributed by atoms with Gasteiger partial charge in [-0.2, -0.15) is 0 Å². The van der Waals surface area contributed by atoms with Gasteiger partial charge in [-0.15, -0.1) is 0 Å². The Morgan fingerprint density at radius 2 is 1.79 bits per heavy atom. The fourth-order valence-corrected chi connectivity index (χ4v) is 1.74. The van der Waals surface area contributed by atoms with Gasteiger partial charge in [-0.25, -0.2) is 9.97 Å². The molecule has 0 amide bonds. The second-order valence-electron chi connectivity index (χ2n) is 3.16. The maximum Gasteiger partial charge on any atom is 0.197 e. The summed E-state index contributed by atoms with van der Waals surface area (Å²) in [5.41, 5.74) is 2.99.